The van der Waals surface area contributed by atoms with E-state index in [2.05, 4.69) is 0 Å². The predicted octanol–water partition coefficient (Wildman–Crippen LogP) is 0.303. The Kier molecular flexibility index (Phi) is 6.70. The summed E-state index contributed by atoms with van der Waals surface area (Å²) in [5, 5.41) is 0. The second kappa shape index (κ2) is 7.06. The first-order valence-corrected chi connectivity index (χ1v) is 4.22. The maximum absolute atomic E-state index is 10.9. The molecule has 0 heterocycles. The highest BCUT2D eigenvalue weighted by Crippen LogP contribution is 1.90. The highest BCUT2D eigenvalue weighted by molar-refractivity contribution is 5.75. The number of esters is 1. The standard InChI is InChI=1S/C8H17NO3/c1-3-7(9)8(10)12-6-5-11-4-2/h7H,3-6,9H2,1-2H3. The van der Waals surface area contributed by atoms with E-state index in [1.807, 2.05) is 13.8 Å². The summed E-state index contributed by atoms with van der Waals surface area (Å²) in [6.45, 7) is 5.10. The molecule has 0 aliphatic heterocycles. The van der Waals surface area contributed by atoms with Crippen molar-refractivity contribution in [3.8, 4) is 0 Å². The van der Waals surface area contributed by atoms with Crippen molar-refractivity contribution in [2.24, 2.45) is 5.73 Å². The molecule has 4 nitrogen and oxygen atoms in total. The van der Waals surface area contributed by atoms with E-state index in [4.69, 9.17) is 15.2 Å². The molecule has 0 amide bonds. The maximum Gasteiger partial charge on any atom is 0.322 e. The molecule has 0 saturated heterocycles. The van der Waals surface area contributed by atoms with Crippen LogP contribution in [-0.2, 0) is 14.3 Å². The minimum absolute atomic E-state index is 0.292. The molecule has 4 heteroatoms. The highest BCUT2D eigenvalue weighted by Gasteiger charge is 2.11. The normalized spacial score (nSPS) is 12.6. The van der Waals surface area contributed by atoms with Crippen LogP contribution in [0.25, 0.3) is 0 Å². The van der Waals surface area contributed by atoms with Gasteiger partial charge in [-0.15, -0.1) is 0 Å². The number of hydrogen-bond acceptors (Lipinski definition) is 4. The molecule has 0 spiro atoms. The molecular formula is C8H17NO3. The Morgan fingerprint density at radius 1 is 1.42 bits per heavy atom. The van der Waals surface area contributed by atoms with Crippen LogP contribution in [0.1, 0.15) is 20.3 Å². The first-order chi connectivity index (χ1) is 5.72. The summed E-state index contributed by atoms with van der Waals surface area (Å²) >= 11 is 0. The zero-order valence-electron chi connectivity index (χ0n) is 7.71. The molecule has 0 aromatic carbocycles. The third-order valence-electron chi connectivity index (χ3n) is 1.42. The number of nitrogens with two attached hydrogens (primary N) is 1. The lowest BCUT2D eigenvalue weighted by molar-refractivity contribution is -0.146. The van der Waals surface area contributed by atoms with Gasteiger partial charge in [0.05, 0.1) is 6.61 Å². The van der Waals surface area contributed by atoms with Crippen LogP contribution in [0.4, 0.5) is 0 Å². The molecule has 1 unspecified atom stereocenters. The van der Waals surface area contributed by atoms with Gasteiger partial charge in [-0.25, -0.2) is 0 Å². The summed E-state index contributed by atoms with van der Waals surface area (Å²) in [5.74, 6) is -0.350. The van der Waals surface area contributed by atoms with E-state index in [0.717, 1.165) is 0 Å². The zero-order chi connectivity index (χ0) is 9.40. The summed E-state index contributed by atoms with van der Waals surface area (Å²) in [7, 11) is 0. The fourth-order valence-corrected chi connectivity index (χ4v) is 0.619. The fourth-order valence-electron chi connectivity index (χ4n) is 0.619. The molecule has 2 N–H and O–H groups in total. The fraction of sp³-hybridized carbons (Fsp3) is 0.875. The van der Waals surface area contributed by atoms with Gasteiger partial charge in [0.25, 0.3) is 0 Å². The van der Waals surface area contributed by atoms with Gasteiger partial charge < -0.3 is 15.2 Å². The summed E-state index contributed by atoms with van der Waals surface area (Å²) < 4.78 is 9.79. The van der Waals surface area contributed by atoms with Crippen LogP contribution in [0.2, 0.25) is 0 Å². The summed E-state index contributed by atoms with van der Waals surface area (Å²) in [4.78, 5) is 10.9. The van der Waals surface area contributed by atoms with Crippen molar-refractivity contribution in [3.05, 3.63) is 0 Å². The molecule has 1 atom stereocenters. The molecule has 0 radical (unpaired) electrons. The number of ether oxygens (including phenoxy) is 2. The van der Waals surface area contributed by atoms with Crippen molar-refractivity contribution in [2.45, 2.75) is 26.3 Å². The van der Waals surface area contributed by atoms with Crippen LogP contribution in [0, 0.1) is 0 Å². The Morgan fingerprint density at radius 3 is 2.58 bits per heavy atom. The minimum Gasteiger partial charge on any atom is -0.462 e. The van der Waals surface area contributed by atoms with Crippen molar-refractivity contribution in [2.75, 3.05) is 19.8 Å². The van der Waals surface area contributed by atoms with E-state index in [9.17, 15) is 4.79 Å². The summed E-state index contributed by atoms with van der Waals surface area (Å²) in [5.41, 5.74) is 5.42. The molecule has 0 aromatic rings. The predicted molar refractivity (Wildman–Crippen MR) is 45.7 cm³/mol. The molecule has 0 aliphatic carbocycles. The largest absolute Gasteiger partial charge is 0.462 e. The van der Waals surface area contributed by atoms with Crippen molar-refractivity contribution in [1.29, 1.82) is 0 Å². The number of hydrogen-bond donors (Lipinski definition) is 1. The second-order valence-electron chi connectivity index (χ2n) is 2.38. The monoisotopic (exact) mass is 175 g/mol. The Morgan fingerprint density at radius 2 is 2.08 bits per heavy atom. The van der Waals surface area contributed by atoms with Crippen LogP contribution in [0.3, 0.4) is 0 Å². The number of carbonyl (C=O) groups is 1. The second-order valence-corrected chi connectivity index (χ2v) is 2.38. The Hall–Kier alpha value is -0.610. The summed E-state index contributed by atoms with van der Waals surface area (Å²) in [6, 6.07) is -0.494. The average Bonchev–Trinajstić information content (AvgIpc) is 2.10. The molecule has 0 aromatic heterocycles. The lowest BCUT2D eigenvalue weighted by atomic mass is 10.2. The van der Waals surface area contributed by atoms with Gasteiger partial charge in [0.2, 0.25) is 0 Å². The van der Waals surface area contributed by atoms with Gasteiger partial charge in [-0.3, -0.25) is 4.79 Å². The van der Waals surface area contributed by atoms with Crippen LogP contribution < -0.4 is 5.73 Å². The number of carbonyl (C=O) groups excluding carboxylic acids is 1. The van der Waals surface area contributed by atoms with Crippen molar-refractivity contribution in [3.63, 3.8) is 0 Å². The van der Waals surface area contributed by atoms with E-state index in [0.29, 0.717) is 26.2 Å². The Bertz CT molecular complexity index is 127. The van der Waals surface area contributed by atoms with Gasteiger partial charge >= 0.3 is 5.97 Å². The van der Waals surface area contributed by atoms with Crippen LogP contribution in [-0.4, -0.2) is 31.8 Å². The zero-order valence-corrected chi connectivity index (χ0v) is 7.71. The van der Waals surface area contributed by atoms with Gasteiger partial charge in [-0.1, -0.05) is 6.92 Å². The quantitative estimate of drug-likeness (QED) is 0.466. The number of rotatable bonds is 6. The maximum atomic E-state index is 10.9. The molecule has 12 heavy (non-hydrogen) atoms. The molecule has 0 saturated carbocycles. The molecule has 72 valence electrons. The van der Waals surface area contributed by atoms with Crippen molar-refractivity contribution >= 4 is 5.97 Å². The van der Waals surface area contributed by atoms with Gasteiger partial charge in [0, 0.05) is 6.61 Å². The molecular weight excluding hydrogens is 158 g/mol. The molecule has 0 bridgehead atoms. The molecule has 0 aliphatic rings. The smallest absolute Gasteiger partial charge is 0.322 e. The SMILES string of the molecule is CCOCCOC(=O)C(N)CC. The van der Waals surface area contributed by atoms with Gasteiger partial charge in [0.15, 0.2) is 0 Å². The first kappa shape index (κ1) is 11.4. The topological polar surface area (TPSA) is 61.5 Å². The lowest BCUT2D eigenvalue weighted by Crippen LogP contribution is -2.32. The minimum atomic E-state index is -0.494. The van der Waals surface area contributed by atoms with E-state index in [-0.39, 0.29) is 5.97 Å². The Labute approximate surface area is 73.0 Å². The van der Waals surface area contributed by atoms with Crippen LogP contribution in [0.15, 0.2) is 0 Å². The first-order valence-electron chi connectivity index (χ1n) is 4.22. The third kappa shape index (κ3) is 5.09. The summed E-state index contributed by atoms with van der Waals surface area (Å²) in [6.07, 6.45) is 0.605. The highest BCUT2D eigenvalue weighted by atomic mass is 16.6. The van der Waals surface area contributed by atoms with Gasteiger partial charge in [0.1, 0.15) is 12.6 Å². The van der Waals surface area contributed by atoms with Gasteiger partial charge in [-0.05, 0) is 13.3 Å². The average molecular weight is 175 g/mol. The third-order valence-corrected chi connectivity index (χ3v) is 1.42. The van der Waals surface area contributed by atoms with Crippen LogP contribution >= 0.6 is 0 Å². The van der Waals surface area contributed by atoms with Crippen molar-refractivity contribution < 1.29 is 14.3 Å². The lowest BCUT2D eigenvalue weighted by Gasteiger charge is -2.08. The molecule has 0 rings (SSSR count). The van der Waals surface area contributed by atoms with E-state index >= 15 is 0 Å². The van der Waals surface area contributed by atoms with E-state index < -0.39 is 6.04 Å². The van der Waals surface area contributed by atoms with Crippen LogP contribution in [0.5, 0.6) is 0 Å². The van der Waals surface area contributed by atoms with E-state index in [1.165, 1.54) is 0 Å². The molecule has 0 fully saturated rings. The van der Waals surface area contributed by atoms with E-state index in [1.54, 1.807) is 0 Å². The van der Waals surface area contributed by atoms with Crippen molar-refractivity contribution in [1.82, 2.24) is 0 Å². The van der Waals surface area contributed by atoms with Gasteiger partial charge in [-0.2, -0.15) is 0 Å². The Balaban J connectivity index is 3.31.